The SMILES string of the molecule is C=CCNC(=O)CC(C)(C)NC(=O)OC(C)(C)C. The van der Waals surface area contributed by atoms with Crippen LogP contribution in [0.3, 0.4) is 0 Å². The highest BCUT2D eigenvalue weighted by atomic mass is 16.6. The summed E-state index contributed by atoms with van der Waals surface area (Å²) < 4.78 is 5.14. The minimum Gasteiger partial charge on any atom is -0.444 e. The summed E-state index contributed by atoms with van der Waals surface area (Å²) in [5.74, 6) is -0.143. The molecule has 0 aromatic carbocycles. The molecule has 0 atom stereocenters. The van der Waals surface area contributed by atoms with Crippen LogP contribution in [0, 0.1) is 0 Å². The average Bonchev–Trinajstić information content (AvgIpc) is 2.09. The molecule has 0 radical (unpaired) electrons. The van der Waals surface area contributed by atoms with Crippen LogP contribution < -0.4 is 10.6 Å². The summed E-state index contributed by atoms with van der Waals surface area (Å²) in [6.07, 6.45) is 1.26. The van der Waals surface area contributed by atoms with Crippen molar-refractivity contribution >= 4 is 12.0 Å². The van der Waals surface area contributed by atoms with Crippen LogP contribution in [-0.2, 0) is 9.53 Å². The van der Waals surface area contributed by atoms with E-state index in [1.165, 1.54) is 0 Å². The number of hydrogen-bond donors (Lipinski definition) is 2. The molecule has 2 N–H and O–H groups in total. The Balaban J connectivity index is 4.25. The lowest BCUT2D eigenvalue weighted by molar-refractivity contribution is -0.122. The van der Waals surface area contributed by atoms with Gasteiger partial charge < -0.3 is 15.4 Å². The summed E-state index contributed by atoms with van der Waals surface area (Å²) in [7, 11) is 0. The predicted octanol–water partition coefficient (Wildman–Crippen LogP) is 1.98. The van der Waals surface area contributed by atoms with Crippen molar-refractivity contribution in [2.24, 2.45) is 0 Å². The Kier molecular flexibility index (Phi) is 5.88. The molecule has 0 spiro atoms. The number of carbonyl (C=O) groups is 2. The molecule has 0 aromatic heterocycles. The number of hydrogen-bond acceptors (Lipinski definition) is 3. The number of ether oxygens (including phenoxy) is 1. The Morgan fingerprint density at radius 3 is 2.22 bits per heavy atom. The lowest BCUT2D eigenvalue weighted by atomic mass is 10.0. The van der Waals surface area contributed by atoms with E-state index in [2.05, 4.69) is 17.2 Å². The van der Waals surface area contributed by atoms with Crippen molar-refractivity contribution in [1.29, 1.82) is 0 Å². The first-order valence-corrected chi connectivity index (χ1v) is 5.94. The molecule has 2 amide bonds. The van der Waals surface area contributed by atoms with Gasteiger partial charge in [0.25, 0.3) is 0 Å². The Morgan fingerprint density at radius 1 is 1.22 bits per heavy atom. The third-order valence-electron chi connectivity index (χ3n) is 1.89. The van der Waals surface area contributed by atoms with Gasteiger partial charge in [0.2, 0.25) is 5.91 Å². The van der Waals surface area contributed by atoms with E-state index in [0.29, 0.717) is 6.54 Å². The minimum atomic E-state index is -0.659. The molecule has 0 aliphatic carbocycles. The average molecular weight is 256 g/mol. The summed E-state index contributed by atoms with van der Waals surface area (Å²) in [5, 5.41) is 5.33. The molecule has 0 aliphatic rings. The fraction of sp³-hybridized carbons (Fsp3) is 0.692. The number of nitrogens with one attached hydrogen (secondary N) is 2. The Morgan fingerprint density at radius 2 is 1.78 bits per heavy atom. The normalized spacial score (nSPS) is 11.6. The topological polar surface area (TPSA) is 67.4 Å². The van der Waals surface area contributed by atoms with Gasteiger partial charge in [-0.2, -0.15) is 0 Å². The van der Waals surface area contributed by atoms with E-state index in [4.69, 9.17) is 4.74 Å². The molecular weight excluding hydrogens is 232 g/mol. The van der Waals surface area contributed by atoms with Crippen molar-refractivity contribution in [3.8, 4) is 0 Å². The van der Waals surface area contributed by atoms with E-state index in [1.54, 1.807) is 40.7 Å². The maximum Gasteiger partial charge on any atom is 0.408 e. The molecular formula is C13H24N2O3. The molecule has 0 fully saturated rings. The lowest BCUT2D eigenvalue weighted by Crippen LogP contribution is -2.48. The zero-order valence-corrected chi connectivity index (χ0v) is 11.9. The summed E-state index contributed by atoms with van der Waals surface area (Å²) >= 11 is 0. The molecule has 104 valence electrons. The molecule has 18 heavy (non-hydrogen) atoms. The second kappa shape index (κ2) is 6.42. The molecule has 0 unspecified atom stereocenters. The first-order valence-electron chi connectivity index (χ1n) is 5.94. The maximum atomic E-state index is 11.6. The molecule has 0 saturated heterocycles. The zero-order chi connectivity index (χ0) is 14.4. The molecule has 0 heterocycles. The highest BCUT2D eigenvalue weighted by Crippen LogP contribution is 2.12. The number of amides is 2. The quantitative estimate of drug-likeness (QED) is 0.739. The molecule has 0 aliphatic heterocycles. The number of rotatable bonds is 5. The van der Waals surface area contributed by atoms with Crippen molar-refractivity contribution in [3.63, 3.8) is 0 Å². The predicted molar refractivity (Wildman–Crippen MR) is 71.3 cm³/mol. The third-order valence-corrected chi connectivity index (χ3v) is 1.89. The standard InChI is InChI=1S/C13H24N2O3/c1-7-8-14-10(16)9-13(5,6)15-11(17)18-12(2,3)4/h7H,1,8-9H2,2-6H3,(H,14,16)(H,15,17). The van der Waals surface area contributed by atoms with Gasteiger partial charge in [0.05, 0.1) is 0 Å². The van der Waals surface area contributed by atoms with E-state index in [0.717, 1.165) is 0 Å². The molecule has 5 nitrogen and oxygen atoms in total. The van der Waals surface area contributed by atoms with Crippen LogP contribution in [0.15, 0.2) is 12.7 Å². The van der Waals surface area contributed by atoms with Crippen LogP contribution in [0.25, 0.3) is 0 Å². The Bertz CT molecular complexity index is 317. The molecule has 5 heteroatoms. The van der Waals surface area contributed by atoms with E-state index in [1.807, 2.05) is 0 Å². The van der Waals surface area contributed by atoms with Crippen molar-refractivity contribution < 1.29 is 14.3 Å². The second-order valence-corrected chi connectivity index (χ2v) is 5.78. The summed E-state index contributed by atoms with van der Waals surface area (Å²) in [6.45, 7) is 12.8. The van der Waals surface area contributed by atoms with Crippen molar-refractivity contribution in [1.82, 2.24) is 10.6 Å². The van der Waals surface area contributed by atoms with Gasteiger partial charge in [0, 0.05) is 18.5 Å². The highest BCUT2D eigenvalue weighted by molar-refractivity contribution is 5.78. The third kappa shape index (κ3) is 8.61. The molecule has 0 rings (SSSR count). The number of alkyl carbamates (subject to hydrolysis) is 1. The van der Waals surface area contributed by atoms with Crippen LogP contribution in [0.1, 0.15) is 41.0 Å². The summed E-state index contributed by atoms with van der Waals surface area (Å²) in [4.78, 5) is 23.1. The van der Waals surface area contributed by atoms with Gasteiger partial charge in [-0.25, -0.2) is 4.79 Å². The van der Waals surface area contributed by atoms with Crippen molar-refractivity contribution in [3.05, 3.63) is 12.7 Å². The van der Waals surface area contributed by atoms with Gasteiger partial charge in [0.1, 0.15) is 5.60 Å². The van der Waals surface area contributed by atoms with Crippen molar-refractivity contribution in [2.45, 2.75) is 52.2 Å². The fourth-order valence-electron chi connectivity index (χ4n) is 1.27. The zero-order valence-electron chi connectivity index (χ0n) is 11.9. The Hall–Kier alpha value is -1.52. The molecule has 0 bridgehead atoms. The van der Waals surface area contributed by atoms with E-state index in [-0.39, 0.29) is 12.3 Å². The summed E-state index contributed by atoms with van der Waals surface area (Å²) in [6, 6.07) is 0. The van der Waals surface area contributed by atoms with E-state index < -0.39 is 17.2 Å². The van der Waals surface area contributed by atoms with Gasteiger partial charge in [-0.3, -0.25) is 4.79 Å². The first kappa shape index (κ1) is 16.5. The largest absolute Gasteiger partial charge is 0.444 e. The van der Waals surface area contributed by atoms with Crippen LogP contribution in [-0.4, -0.2) is 29.7 Å². The number of carbonyl (C=O) groups excluding carboxylic acids is 2. The minimum absolute atomic E-state index is 0.143. The van der Waals surface area contributed by atoms with E-state index >= 15 is 0 Å². The molecule has 0 saturated carbocycles. The lowest BCUT2D eigenvalue weighted by Gasteiger charge is -2.28. The van der Waals surface area contributed by atoms with Gasteiger partial charge in [-0.1, -0.05) is 6.08 Å². The Labute approximate surface area is 109 Å². The van der Waals surface area contributed by atoms with Crippen LogP contribution in [0.2, 0.25) is 0 Å². The van der Waals surface area contributed by atoms with Gasteiger partial charge in [0.15, 0.2) is 0 Å². The van der Waals surface area contributed by atoms with Gasteiger partial charge in [-0.15, -0.1) is 6.58 Å². The summed E-state index contributed by atoms with van der Waals surface area (Å²) in [5.41, 5.74) is -1.21. The van der Waals surface area contributed by atoms with E-state index in [9.17, 15) is 9.59 Å². The van der Waals surface area contributed by atoms with Crippen molar-refractivity contribution in [2.75, 3.05) is 6.54 Å². The highest BCUT2D eigenvalue weighted by Gasteiger charge is 2.26. The van der Waals surface area contributed by atoms with Crippen LogP contribution in [0.5, 0.6) is 0 Å². The monoisotopic (exact) mass is 256 g/mol. The second-order valence-electron chi connectivity index (χ2n) is 5.78. The molecule has 0 aromatic rings. The fourth-order valence-corrected chi connectivity index (χ4v) is 1.27. The maximum absolute atomic E-state index is 11.6. The van der Waals surface area contributed by atoms with Gasteiger partial charge in [-0.05, 0) is 34.6 Å². The van der Waals surface area contributed by atoms with Crippen LogP contribution in [0.4, 0.5) is 4.79 Å². The smallest absolute Gasteiger partial charge is 0.408 e. The first-order chi connectivity index (χ1) is 8.06. The van der Waals surface area contributed by atoms with Crippen LogP contribution >= 0.6 is 0 Å². The van der Waals surface area contributed by atoms with Gasteiger partial charge >= 0.3 is 6.09 Å².